The van der Waals surface area contributed by atoms with Crippen LogP contribution >= 0.6 is 0 Å². The van der Waals surface area contributed by atoms with Crippen molar-refractivity contribution in [1.29, 1.82) is 0 Å². The molecule has 0 aliphatic carbocycles. The molecule has 3 heterocycles. The monoisotopic (exact) mass is 754 g/mol. The van der Waals surface area contributed by atoms with Gasteiger partial charge in [0.15, 0.2) is 0 Å². The molecule has 0 N–H and O–H groups in total. The van der Waals surface area contributed by atoms with E-state index in [1.54, 1.807) is 0 Å². The highest BCUT2D eigenvalue weighted by Gasteiger charge is 2.17. The van der Waals surface area contributed by atoms with E-state index in [-0.39, 0.29) is 0 Å². The van der Waals surface area contributed by atoms with E-state index in [1.807, 2.05) is 24.4 Å². The van der Waals surface area contributed by atoms with Crippen LogP contribution in [0.5, 0.6) is 0 Å². The zero-order chi connectivity index (χ0) is 39.1. The first-order valence-corrected chi connectivity index (χ1v) is 20.0. The van der Waals surface area contributed by atoms with Gasteiger partial charge in [-0.15, -0.1) is 0 Å². The number of fused-ring (bicyclic) bond motifs is 3. The zero-order valence-corrected chi connectivity index (χ0v) is 32.2. The highest BCUT2D eigenvalue weighted by molar-refractivity contribution is 5.99. The molecule has 0 aliphatic rings. The van der Waals surface area contributed by atoms with Crippen molar-refractivity contribution in [2.24, 2.45) is 0 Å². The molecule has 0 unspecified atom stereocenters. The Labute approximate surface area is 343 Å². The summed E-state index contributed by atoms with van der Waals surface area (Å²) in [5.74, 6) is 0.908. The van der Waals surface area contributed by atoms with Crippen molar-refractivity contribution >= 4 is 49.6 Å². The standard InChI is InChI=1S/C55H38N4/c1-3-14-48(15-4-1)57-32-29-43-34-41(23-27-52(43)57)46-36-45(37-47(38-46)42-24-28-53-44(35-42)30-33-58(53)55-20-9-10-31-56-55)39-21-25-50(26-22-39)59(49-16-5-2-6-17-49)54-19-11-13-40-12-7-8-18-51(40)54/h1-38H. The van der Waals surface area contributed by atoms with E-state index in [4.69, 9.17) is 0 Å². The quantitative estimate of drug-likeness (QED) is 0.154. The molecule has 0 radical (unpaired) electrons. The maximum Gasteiger partial charge on any atom is 0.137 e. The number of anilines is 3. The lowest BCUT2D eigenvalue weighted by molar-refractivity contribution is 1.04. The van der Waals surface area contributed by atoms with E-state index in [0.717, 1.165) is 50.8 Å². The summed E-state index contributed by atoms with van der Waals surface area (Å²) in [7, 11) is 0. The first-order chi connectivity index (χ1) is 29.2. The Hall–Kier alpha value is -7.95. The first kappa shape index (κ1) is 34.3. The summed E-state index contributed by atoms with van der Waals surface area (Å²) in [6, 6.07) is 76.3. The van der Waals surface area contributed by atoms with Crippen LogP contribution in [0.25, 0.3) is 77.5 Å². The van der Waals surface area contributed by atoms with Gasteiger partial charge in [0.25, 0.3) is 0 Å². The molecule has 3 aromatic heterocycles. The summed E-state index contributed by atoms with van der Waals surface area (Å²) in [5, 5.41) is 4.80. The van der Waals surface area contributed by atoms with Gasteiger partial charge >= 0.3 is 0 Å². The van der Waals surface area contributed by atoms with Gasteiger partial charge in [-0.3, -0.25) is 0 Å². The van der Waals surface area contributed by atoms with Crippen molar-refractivity contribution in [2.75, 3.05) is 4.90 Å². The van der Waals surface area contributed by atoms with Crippen molar-refractivity contribution in [2.45, 2.75) is 0 Å². The van der Waals surface area contributed by atoms with Gasteiger partial charge in [0.1, 0.15) is 5.82 Å². The number of pyridine rings is 1. The van der Waals surface area contributed by atoms with Crippen LogP contribution in [-0.2, 0) is 0 Å². The number of para-hydroxylation sites is 2. The minimum atomic E-state index is 0.908. The summed E-state index contributed by atoms with van der Waals surface area (Å²) in [6.07, 6.45) is 6.11. The van der Waals surface area contributed by atoms with Gasteiger partial charge in [0, 0.05) is 51.8 Å². The van der Waals surface area contributed by atoms with E-state index in [2.05, 4.69) is 226 Å². The molecule has 0 amide bonds. The highest BCUT2D eigenvalue weighted by Crippen LogP contribution is 2.41. The largest absolute Gasteiger partial charge is 0.317 e. The lowest BCUT2D eigenvalue weighted by Gasteiger charge is -2.27. The molecule has 278 valence electrons. The molecule has 0 spiro atoms. The number of aromatic nitrogens is 3. The molecule has 0 saturated heterocycles. The van der Waals surface area contributed by atoms with Gasteiger partial charge in [-0.05, 0) is 148 Å². The second kappa shape index (κ2) is 14.5. The van der Waals surface area contributed by atoms with Crippen LogP contribution in [0.15, 0.2) is 231 Å². The molecular formula is C55H38N4. The van der Waals surface area contributed by atoms with Crippen LogP contribution in [0.2, 0.25) is 0 Å². The number of hydrogen-bond donors (Lipinski definition) is 0. The molecule has 11 aromatic rings. The van der Waals surface area contributed by atoms with Gasteiger partial charge in [-0.25, -0.2) is 4.98 Å². The summed E-state index contributed by atoms with van der Waals surface area (Å²) >= 11 is 0. The average molecular weight is 755 g/mol. The summed E-state index contributed by atoms with van der Waals surface area (Å²) in [6.45, 7) is 0. The van der Waals surface area contributed by atoms with E-state index in [0.29, 0.717) is 0 Å². The second-order valence-corrected chi connectivity index (χ2v) is 15.0. The molecule has 0 atom stereocenters. The van der Waals surface area contributed by atoms with E-state index in [9.17, 15) is 0 Å². The Morgan fingerprint density at radius 2 is 0.915 bits per heavy atom. The number of benzene rings is 8. The highest BCUT2D eigenvalue weighted by atomic mass is 15.1. The topological polar surface area (TPSA) is 26.0 Å². The fourth-order valence-corrected chi connectivity index (χ4v) is 8.49. The van der Waals surface area contributed by atoms with Gasteiger partial charge in [-0.2, -0.15) is 0 Å². The lowest BCUT2D eigenvalue weighted by atomic mass is 9.92. The number of hydrogen-bond acceptors (Lipinski definition) is 2. The third-order valence-corrected chi connectivity index (χ3v) is 11.4. The molecule has 0 fully saturated rings. The fraction of sp³-hybridized carbons (Fsp3) is 0. The molecule has 4 nitrogen and oxygen atoms in total. The van der Waals surface area contributed by atoms with E-state index >= 15 is 0 Å². The Kier molecular flexibility index (Phi) is 8.45. The molecule has 8 aromatic carbocycles. The Balaban J connectivity index is 1.03. The van der Waals surface area contributed by atoms with Gasteiger partial charge in [-0.1, -0.05) is 103 Å². The maximum atomic E-state index is 4.61. The lowest BCUT2D eigenvalue weighted by Crippen LogP contribution is -2.10. The minimum absolute atomic E-state index is 0.908. The number of rotatable bonds is 8. The van der Waals surface area contributed by atoms with Gasteiger partial charge in [0.2, 0.25) is 0 Å². The third-order valence-electron chi connectivity index (χ3n) is 11.4. The Morgan fingerprint density at radius 3 is 1.61 bits per heavy atom. The van der Waals surface area contributed by atoms with E-state index in [1.165, 1.54) is 43.8 Å². The summed E-state index contributed by atoms with van der Waals surface area (Å²) < 4.78 is 4.40. The van der Waals surface area contributed by atoms with Crippen LogP contribution in [0, 0.1) is 0 Å². The zero-order valence-electron chi connectivity index (χ0n) is 32.2. The molecule has 4 heteroatoms. The van der Waals surface area contributed by atoms with Crippen molar-refractivity contribution in [3.63, 3.8) is 0 Å². The van der Waals surface area contributed by atoms with Crippen LogP contribution in [0.3, 0.4) is 0 Å². The van der Waals surface area contributed by atoms with Gasteiger partial charge in [0.05, 0.1) is 16.7 Å². The van der Waals surface area contributed by atoms with Crippen molar-refractivity contribution in [3.05, 3.63) is 231 Å². The molecule has 59 heavy (non-hydrogen) atoms. The van der Waals surface area contributed by atoms with Crippen molar-refractivity contribution < 1.29 is 0 Å². The second-order valence-electron chi connectivity index (χ2n) is 15.0. The van der Waals surface area contributed by atoms with Crippen molar-refractivity contribution in [1.82, 2.24) is 14.1 Å². The van der Waals surface area contributed by atoms with Crippen LogP contribution in [0.4, 0.5) is 17.1 Å². The Morgan fingerprint density at radius 1 is 0.356 bits per heavy atom. The normalized spacial score (nSPS) is 11.4. The van der Waals surface area contributed by atoms with Crippen molar-refractivity contribution in [3.8, 4) is 44.9 Å². The Bertz CT molecular complexity index is 3110. The van der Waals surface area contributed by atoms with Crippen LogP contribution in [-0.4, -0.2) is 14.1 Å². The molecule has 0 aliphatic heterocycles. The van der Waals surface area contributed by atoms with Gasteiger partial charge < -0.3 is 14.0 Å². The predicted molar refractivity (Wildman–Crippen MR) is 246 cm³/mol. The molecule has 0 bridgehead atoms. The molecule has 11 rings (SSSR count). The smallest absolute Gasteiger partial charge is 0.137 e. The maximum absolute atomic E-state index is 4.61. The molecule has 0 saturated carbocycles. The predicted octanol–water partition coefficient (Wildman–Crippen LogP) is 14.6. The SMILES string of the molecule is c1ccc(N(c2ccc(-c3cc(-c4ccc5c(ccn5-c5ccccc5)c4)cc(-c4ccc5c(ccn5-c5ccccn5)c4)c3)cc2)c2cccc3ccccc23)cc1. The summed E-state index contributed by atoms with van der Waals surface area (Å²) in [5.41, 5.74) is 13.8. The first-order valence-electron chi connectivity index (χ1n) is 20.0. The number of nitrogens with zero attached hydrogens (tertiary/aromatic N) is 4. The third kappa shape index (κ3) is 6.34. The van der Waals surface area contributed by atoms with Crippen LogP contribution < -0.4 is 4.90 Å². The minimum Gasteiger partial charge on any atom is -0.317 e. The fourth-order valence-electron chi connectivity index (χ4n) is 8.49. The van der Waals surface area contributed by atoms with Crippen LogP contribution in [0.1, 0.15) is 0 Å². The van der Waals surface area contributed by atoms with E-state index < -0.39 is 0 Å². The molecular weight excluding hydrogens is 717 g/mol. The summed E-state index contributed by atoms with van der Waals surface area (Å²) in [4.78, 5) is 6.96. The average Bonchev–Trinajstić information content (AvgIpc) is 3.94.